The van der Waals surface area contributed by atoms with Crippen LogP contribution in [-0.2, 0) is 101 Å². The van der Waals surface area contributed by atoms with E-state index in [2.05, 4.69) is 161 Å². The molecular weight excluding hydrogens is 2310 g/mol. The topological polar surface area (TPSA) is 88.1 Å². The number of imidazole rings is 5. The number of rotatable bonds is 11. The van der Waals surface area contributed by atoms with Crippen LogP contribution in [0.2, 0.25) is 0 Å². The number of pyridine rings is 2. The van der Waals surface area contributed by atoms with Gasteiger partial charge in [0.05, 0.1) is 40.2 Å². The second kappa shape index (κ2) is 40.2. The summed E-state index contributed by atoms with van der Waals surface area (Å²) in [5.74, 6) is 3.50. The van der Waals surface area contributed by atoms with Crippen LogP contribution in [0.1, 0.15) is 167 Å². The van der Waals surface area contributed by atoms with Gasteiger partial charge in [0.25, 0.3) is 0 Å². The Kier molecular flexibility index (Phi) is 24.6. The molecule has 7 aromatic heterocycles. The molecule has 7 heterocycles. The van der Waals surface area contributed by atoms with Gasteiger partial charge >= 0.3 is 0 Å². The fourth-order valence-corrected chi connectivity index (χ4v) is 14.8. The van der Waals surface area contributed by atoms with Gasteiger partial charge < -0.3 is 22.5 Å². The molecule has 18 aromatic rings. The van der Waals surface area contributed by atoms with Crippen molar-refractivity contribution in [2.24, 2.45) is 0 Å². The van der Waals surface area contributed by atoms with Crippen molar-refractivity contribution >= 4 is 54.6 Å². The van der Waals surface area contributed by atoms with Gasteiger partial charge in [0.15, 0.2) is 0 Å². The van der Waals surface area contributed by atoms with E-state index in [9.17, 15) is 0 Å². The van der Waals surface area contributed by atoms with Crippen molar-refractivity contribution in [3.8, 4) is 62.5 Å². The first-order valence-electron chi connectivity index (χ1n) is 44.8. The van der Waals surface area contributed by atoms with Crippen LogP contribution in [0.15, 0.2) is 262 Å². The van der Waals surface area contributed by atoms with Crippen molar-refractivity contribution < 1.29 is 121 Å². The minimum Gasteiger partial charge on any atom is -0.340 e. The van der Waals surface area contributed by atoms with Gasteiger partial charge in [-0.1, -0.05) is 175 Å². The third-order valence-electron chi connectivity index (χ3n) is 19.9. The Labute approximate surface area is 772 Å². The molecular formula is C101H95Ir5N10-5. The maximum Gasteiger partial charge on any atom is 0.0669 e. The monoisotopic (exact) mass is 2430 g/mol. The first kappa shape index (κ1) is 70.9. The third-order valence-corrected chi connectivity index (χ3v) is 19.9. The predicted molar refractivity (Wildman–Crippen MR) is 461 cm³/mol. The molecule has 0 bridgehead atoms. The SMILES string of the molecule is Cc1cnc(-c2[c-]cccc2)n1-c1c(C(C)C)cccc1C(C)C.[2H]C([2H])([2H])c1cccc(C([2H])([2H])[2H])c1-n1ccnc1-c1[c-]cccc1.[2H]C([2H])([2H])c1cn(-c2c(C(C)C)cccc2C(C)C)c(-c2[c-]cccc2)n1.[2H]C([2H])([2H])c1cn2c3ccccc3c3ccc[c-]c3c2n1.[2H]C([2H])([2H])c1nc2c3[c-]cccc3c3ccccc3n2c1-c1c(C)cccc1C.[Ir].[Ir].[Ir].[Ir].[Ir]. The van der Waals surface area contributed by atoms with Gasteiger partial charge in [-0.25, -0.2) is 0 Å². The molecule has 18 rings (SSSR count). The minimum atomic E-state index is -2.46. The van der Waals surface area contributed by atoms with Crippen molar-refractivity contribution in [3.05, 3.63) is 359 Å². The summed E-state index contributed by atoms with van der Waals surface area (Å²) in [6.45, 7) is 12.0. The molecule has 599 valence electrons. The molecule has 0 saturated carbocycles. The Balaban J connectivity index is 0.000000183. The molecule has 116 heavy (non-hydrogen) atoms. The van der Waals surface area contributed by atoms with Crippen molar-refractivity contribution in [2.45, 2.75) is 134 Å². The van der Waals surface area contributed by atoms with Crippen molar-refractivity contribution in [2.75, 3.05) is 0 Å². The molecule has 0 aliphatic carbocycles. The molecule has 10 nitrogen and oxygen atoms in total. The Morgan fingerprint density at radius 2 is 0.819 bits per heavy atom. The van der Waals surface area contributed by atoms with E-state index in [1.807, 2.05) is 179 Å². The fourth-order valence-electron chi connectivity index (χ4n) is 14.8. The number of benzene rings is 11. The number of hydrogen-bond donors (Lipinski definition) is 0. The summed E-state index contributed by atoms with van der Waals surface area (Å²) in [4.78, 5) is 22.5. The van der Waals surface area contributed by atoms with Crippen LogP contribution >= 0.6 is 0 Å². The average molecular weight is 2430 g/mol. The normalized spacial score (nSPS) is 13.4. The van der Waals surface area contributed by atoms with E-state index in [1.54, 1.807) is 36.8 Å². The summed E-state index contributed by atoms with van der Waals surface area (Å²) < 4.78 is 127. The van der Waals surface area contributed by atoms with E-state index in [1.165, 1.54) is 56.9 Å². The quantitative estimate of drug-likeness (QED) is 0.0951. The molecule has 15 heteroatoms. The van der Waals surface area contributed by atoms with Gasteiger partial charge in [-0.2, -0.15) is 0 Å². The van der Waals surface area contributed by atoms with Crippen LogP contribution in [0.5, 0.6) is 0 Å². The average Bonchev–Trinajstić information content (AvgIpc) is 1.56. The maximum atomic E-state index is 8.20. The van der Waals surface area contributed by atoms with E-state index in [0.717, 1.165) is 88.4 Å². The molecule has 0 amide bonds. The van der Waals surface area contributed by atoms with Crippen molar-refractivity contribution in [1.82, 2.24) is 47.4 Å². The van der Waals surface area contributed by atoms with E-state index in [4.69, 9.17) is 30.5 Å². The van der Waals surface area contributed by atoms with Crippen LogP contribution in [0.3, 0.4) is 0 Å². The number of hydrogen-bond acceptors (Lipinski definition) is 5. The van der Waals surface area contributed by atoms with Crippen LogP contribution in [-0.4, -0.2) is 47.4 Å². The molecule has 0 aliphatic heterocycles. The fraction of sp³-hybridized carbons (Fsp3) is 0.198. The number of fused-ring (bicyclic) bond motifs is 12. The zero-order valence-electron chi connectivity index (χ0n) is 80.8. The van der Waals surface area contributed by atoms with Gasteiger partial charge in [-0.05, 0) is 146 Å². The summed E-state index contributed by atoms with van der Waals surface area (Å²) in [5.41, 5.74) is 18.1. The molecule has 0 fully saturated rings. The van der Waals surface area contributed by atoms with Gasteiger partial charge in [0.1, 0.15) is 0 Å². The molecule has 0 spiro atoms. The number of nitrogens with zero attached hydrogens (tertiary/aromatic N) is 10. The third kappa shape index (κ3) is 18.7. The molecule has 0 atom stereocenters. The first-order valence-corrected chi connectivity index (χ1v) is 37.3. The Hall–Kier alpha value is -9.28. The van der Waals surface area contributed by atoms with Crippen molar-refractivity contribution in [1.29, 1.82) is 0 Å². The maximum absolute atomic E-state index is 8.20. The van der Waals surface area contributed by atoms with Gasteiger partial charge in [0.2, 0.25) is 0 Å². The number of aryl methyl sites for hydroxylation is 8. The smallest absolute Gasteiger partial charge is 0.0669 e. The first-order chi connectivity index (χ1) is 59.8. The molecule has 0 saturated heterocycles. The Bertz CT molecular complexity index is 6790. The minimum absolute atomic E-state index is 0. The zero-order chi connectivity index (χ0) is 90.2. The van der Waals surface area contributed by atoms with E-state index >= 15 is 0 Å². The molecule has 0 unspecified atom stereocenters. The summed E-state index contributed by atoms with van der Waals surface area (Å²) in [5, 5.41) is 5.83. The molecule has 0 N–H and O–H groups in total. The largest absolute Gasteiger partial charge is 0.340 e. The van der Waals surface area contributed by atoms with E-state index in [0.29, 0.717) is 57.9 Å². The van der Waals surface area contributed by atoms with Gasteiger partial charge in [-0.3, -0.25) is 24.9 Å². The van der Waals surface area contributed by atoms with Crippen LogP contribution in [0, 0.1) is 85.4 Å². The Morgan fingerprint density at radius 3 is 1.34 bits per heavy atom. The van der Waals surface area contributed by atoms with Gasteiger partial charge in [-0.15, -0.1) is 167 Å². The van der Waals surface area contributed by atoms with E-state index in [-0.39, 0.29) is 134 Å². The standard InChI is InChI=1S/C24H19N2.2C22H25N2.C17H15N2.C16H11N2.5Ir/c1-15-9-8-10-16(2)22(15)23-17(3)25-24-20-13-5-4-11-18(20)19-12-6-7-14-21(19)26(23)24;1-15(2)19-12-9-13-20(16(3)4)21(19)24-14-17(5)23-22(24)18-10-7-6-8-11-18;1-15(2)19-12-9-13-20(16(3)4)21(19)24-17(5)14-23-22(24)18-10-7-6-8-11-18;1-13-7-6-8-14(2)16(13)19-12-11-18-17(19)15-9-4-3-5-10-15;1-11-10-18-15-9-5-4-7-13(15)12-6-2-3-8-14(12)16(18)17-11;;;;;/h4-12,14H,1-3H3;2*6-10,12-16H,1-5H3;3-9,11-12H,1-2H3;2-7,9-10H,1H3;;;;;/q5*-1;;;;;/i3D3;5D3;;1D3,2D3;1D3;;;;;. The summed E-state index contributed by atoms with van der Waals surface area (Å²) in [6, 6.07) is 89.6. The molecule has 5 radical (unpaired) electrons. The van der Waals surface area contributed by atoms with Gasteiger partial charge in [0, 0.05) is 203 Å². The Morgan fingerprint density at radius 1 is 0.362 bits per heavy atom. The number of para-hydroxylation sites is 5. The van der Waals surface area contributed by atoms with Crippen LogP contribution in [0.4, 0.5) is 0 Å². The van der Waals surface area contributed by atoms with Crippen LogP contribution < -0.4 is 0 Å². The van der Waals surface area contributed by atoms with Crippen molar-refractivity contribution in [3.63, 3.8) is 0 Å². The number of aromatic nitrogens is 10. The zero-order valence-corrected chi connectivity index (χ0v) is 77.7. The summed E-state index contributed by atoms with van der Waals surface area (Å²) >= 11 is 0. The predicted octanol–water partition coefficient (Wildman–Crippen LogP) is 25.5. The molecule has 0 aliphatic rings. The second-order valence-electron chi connectivity index (χ2n) is 28.7. The van der Waals surface area contributed by atoms with E-state index < -0.39 is 34.3 Å². The summed E-state index contributed by atoms with van der Waals surface area (Å²) in [6.07, 6.45) is 8.30. The molecule has 11 aromatic carbocycles. The summed E-state index contributed by atoms with van der Waals surface area (Å²) in [7, 11) is 0. The second-order valence-corrected chi connectivity index (χ2v) is 28.7. The van der Waals surface area contributed by atoms with Crippen LogP contribution in [0.25, 0.3) is 117 Å².